The van der Waals surface area contributed by atoms with Crippen LogP contribution in [0.2, 0.25) is 0 Å². The van der Waals surface area contributed by atoms with Crippen molar-refractivity contribution >= 4 is 0 Å². The summed E-state index contributed by atoms with van der Waals surface area (Å²) < 4.78 is 0. The highest BCUT2D eigenvalue weighted by Crippen LogP contribution is 2.29. The van der Waals surface area contributed by atoms with Crippen LogP contribution in [-0.4, -0.2) is 59.8 Å². The first-order valence-electron chi connectivity index (χ1n) is 6.29. The van der Waals surface area contributed by atoms with Crippen LogP contribution in [0.3, 0.4) is 0 Å². The summed E-state index contributed by atoms with van der Waals surface area (Å²) in [6.45, 7) is 4.78. The molecule has 2 atom stereocenters. The molecule has 3 nitrogen and oxygen atoms in total. The van der Waals surface area contributed by atoms with Gasteiger partial charge in [0.1, 0.15) is 0 Å². The van der Waals surface area contributed by atoms with E-state index in [1.807, 2.05) is 0 Å². The lowest BCUT2D eigenvalue weighted by Gasteiger charge is -2.47. The van der Waals surface area contributed by atoms with Gasteiger partial charge < -0.3 is 10.0 Å². The molecule has 0 aromatic carbocycles. The van der Waals surface area contributed by atoms with E-state index in [4.69, 9.17) is 0 Å². The van der Waals surface area contributed by atoms with Crippen LogP contribution in [0.15, 0.2) is 0 Å². The van der Waals surface area contributed by atoms with Crippen molar-refractivity contribution in [2.45, 2.75) is 50.7 Å². The normalized spacial score (nSPS) is 36.2. The van der Waals surface area contributed by atoms with Gasteiger partial charge in [-0.05, 0) is 26.8 Å². The van der Waals surface area contributed by atoms with Gasteiger partial charge in [0.15, 0.2) is 0 Å². The highest BCUT2D eigenvalue weighted by molar-refractivity contribution is 4.91. The monoisotopic (exact) mass is 212 g/mol. The van der Waals surface area contributed by atoms with Crippen LogP contribution < -0.4 is 0 Å². The molecule has 3 heteroatoms. The number of aliphatic hydroxyl groups is 1. The third-order valence-corrected chi connectivity index (χ3v) is 3.99. The van der Waals surface area contributed by atoms with Gasteiger partial charge in [0.25, 0.3) is 0 Å². The number of nitrogens with zero attached hydrogens (tertiary/aromatic N) is 2. The summed E-state index contributed by atoms with van der Waals surface area (Å²) in [6, 6.07) is 1.71. The standard InChI is InChI=1S/C12H24N2O/c1-10-7-13(2)8-12(9-15)14(10)11-5-3-4-6-11/h10-12,15H,3-9H2,1-2H3. The highest BCUT2D eigenvalue weighted by atomic mass is 16.3. The summed E-state index contributed by atoms with van der Waals surface area (Å²) in [5.41, 5.74) is 0. The quantitative estimate of drug-likeness (QED) is 0.737. The van der Waals surface area contributed by atoms with Crippen LogP contribution in [0.5, 0.6) is 0 Å². The first-order chi connectivity index (χ1) is 7.22. The zero-order valence-electron chi connectivity index (χ0n) is 10.0. The highest BCUT2D eigenvalue weighted by Gasteiger charge is 2.35. The fraction of sp³-hybridized carbons (Fsp3) is 1.00. The van der Waals surface area contributed by atoms with Crippen LogP contribution in [0.4, 0.5) is 0 Å². The molecule has 0 spiro atoms. The van der Waals surface area contributed by atoms with Gasteiger partial charge in [0.05, 0.1) is 6.61 Å². The summed E-state index contributed by atoms with van der Waals surface area (Å²) in [7, 11) is 2.16. The average Bonchev–Trinajstić information content (AvgIpc) is 2.69. The fourth-order valence-electron chi connectivity index (χ4n) is 3.45. The molecule has 15 heavy (non-hydrogen) atoms. The molecule has 0 radical (unpaired) electrons. The molecule has 2 aliphatic rings. The first-order valence-corrected chi connectivity index (χ1v) is 6.29. The fourth-order valence-corrected chi connectivity index (χ4v) is 3.45. The third-order valence-electron chi connectivity index (χ3n) is 3.99. The molecular formula is C12H24N2O. The lowest BCUT2D eigenvalue weighted by Crippen LogP contribution is -2.60. The van der Waals surface area contributed by atoms with E-state index < -0.39 is 0 Å². The lowest BCUT2D eigenvalue weighted by atomic mass is 10.0. The molecule has 2 fully saturated rings. The zero-order chi connectivity index (χ0) is 10.8. The van der Waals surface area contributed by atoms with Gasteiger partial charge in [0.2, 0.25) is 0 Å². The van der Waals surface area contributed by atoms with Gasteiger partial charge in [-0.1, -0.05) is 12.8 Å². The second-order valence-electron chi connectivity index (χ2n) is 5.29. The second kappa shape index (κ2) is 4.81. The van der Waals surface area contributed by atoms with Gasteiger partial charge in [-0.3, -0.25) is 4.90 Å². The SMILES string of the molecule is CC1CN(C)CC(CO)N1C1CCCC1. The number of hydrogen-bond donors (Lipinski definition) is 1. The smallest absolute Gasteiger partial charge is 0.0599 e. The van der Waals surface area contributed by atoms with Crippen LogP contribution in [0.1, 0.15) is 32.6 Å². The molecule has 88 valence electrons. The van der Waals surface area contributed by atoms with E-state index in [0.717, 1.165) is 19.1 Å². The van der Waals surface area contributed by atoms with Crippen molar-refractivity contribution in [1.82, 2.24) is 9.80 Å². The maximum absolute atomic E-state index is 9.49. The molecule has 2 unspecified atom stereocenters. The minimum Gasteiger partial charge on any atom is -0.395 e. The molecule has 1 aliphatic carbocycles. The van der Waals surface area contributed by atoms with Gasteiger partial charge in [-0.15, -0.1) is 0 Å². The Morgan fingerprint density at radius 2 is 1.87 bits per heavy atom. The Balaban J connectivity index is 2.04. The molecule has 1 saturated heterocycles. The number of likely N-dealkylation sites (N-methyl/N-ethyl adjacent to an activating group) is 1. The maximum Gasteiger partial charge on any atom is 0.0599 e. The predicted octanol–water partition coefficient (Wildman–Crippen LogP) is 0.926. The minimum absolute atomic E-state index is 0.311. The van der Waals surface area contributed by atoms with Crippen molar-refractivity contribution in [2.75, 3.05) is 26.7 Å². The molecule has 1 saturated carbocycles. The summed E-state index contributed by atoms with van der Waals surface area (Å²) in [5.74, 6) is 0. The molecule has 0 amide bonds. The third kappa shape index (κ3) is 2.35. The summed E-state index contributed by atoms with van der Waals surface area (Å²) in [6.07, 6.45) is 5.43. The number of hydrogen-bond acceptors (Lipinski definition) is 3. The zero-order valence-corrected chi connectivity index (χ0v) is 10.0. The molecule has 2 rings (SSSR count). The van der Waals surface area contributed by atoms with Crippen molar-refractivity contribution in [1.29, 1.82) is 0 Å². The summed E-state index contributed by atoms with van der Waals surface area (Å²) in [5, 5.41) is 9.49. The first kappa shape index (κ1) is 11.4. The Bertz CT molecular complexity index is 204. The van der Waals surface area contributed by atoms with Crippen molar-refractivity contribution < 1.29 is 5.11 Å². The largest absolute Gasteiger partial charge is 0.395 e. The average molecular weight is 212 g/mol. The Morgan fingerprint density at radius 3 is 2.47 bits per heavy atom. The Hall–Kier alpha value is -0.120. The van der Waals surface area contributed by atoms with Crippen molar-refractivity contribution in [2.24, 2.45) is 0 Å². The molecule has 1 heterocycles. The van der Waals surface area contributed by atoms with E-state index in [0.29, 0.717) is 18.7 Å². The molecule has 1 aliphatic heterocycles. The van der Waals surface area contributed by atoms with E-state index in [1.54, 1.807) is 0 Å². The molecular weight excluding hydrogens is 188 g/mol. The van der Waals surface area contributed by atoms with Crippen molar-refractivity contribution in [3.05, 3.63) is 0 Å². The van der Waals surface area contributed by atoms with Crippen LogP contribution in [0, 0.1) is 0 Å². The molecule has 0 aromatic rings. The van der Waals surface area contributed by atoms with Gasteiger partial charge in [-0.25, -0.2) is 0 Å². The van der Waals surface area contributed by atoms with E-state index in [-0.39, 0.29) is 0 Å². The lowest BCUT2D eigenvalue weighted by molar-refractivity contribution is -0.0138. The van der Waals surface area contributed by atoms with Crippen molar-refractivity contribution in [3.8, 4) is 0 Å². The topological polar surface area (TPSA) is 26.7 Å². The predicted molar refractivity (Wildman–Crippen MR) is 61.9 cm³/mol. The number of aliphatic hydroxyl groups excluding tert-OH is 1. The molecule has 0 bridgehead atoms. The Labute approximate surface area is 93.1 Å². The summed E-state index contributed by atoms with van der Waals surface area (Å²) in [4.78, 5) is 4.93. The van der Waals surface area contributed by atoms with Crippen LogP contribution >= 0.6 is 0 Å². The van der Waals surface area contributed by atoms with Gasteiger partial charge in [0, 0.05) is 31.2 Å². The summed E-state index contributed by atoms with van der Waals surface area (Å²) >= 11 is 0. The van der Waals surface area contributed by atoms with Crippen molar-refractivity contribution in [3.63, 3.8) is 0 Å². The number of piperazine rings is 1. The van der Waals surface area contributed by atoms with E-state index in [9.17, 15) is 5.11 Å². The van der Waals surface area contributed by atoms with E-state index in [2.05, 4.69) is 23.8 Å². The maximum atomic E-state index is 9.49. The Kier molecular flexibility index (Phi) is 3.65. The molecule has 0 aromatic heterocycles. The van der Waals surface area contributed by atoms with Gasteiger partial charge in [-0.2, -0.15) is 0 Å². The Morgan fingerprint density at radius 1 is 1.20 bits per heavy atom. The van der Waals surface area contributed by atoms with Gasteiger partial charge >= 0.3 is 0 Å². The van der Waals surface area contributed by atoms with Crippen LogP contribution in [-0.2, 0) is 0 Å². The van der Waals surface area contributed by atoms with E-state index in [1.165, 1.54) is 25.7 Å². The number of rotatable bonds is 2. The molecule has 1 N–H and O–H groups in total. The van der Waals surface area contributed by atoms with E-state index >= 15 is 0 Å². The minimum atomic E-state index is 0.311. The van der Waals surface area contributed by atoms with Crippen LogP contribution in [0.25, 0.3) is 0 Å². The second-order valence-corrected chi connectivity index (χ2v) is 5.29.